The molecule has 4 N–H and O–H groups in total. The number of aliphatic hydroxyl groups excluding tert-OH is 4. The Kier molecular flexibility index (Phi) is 14.9. The fourth-order valence-electron chi connectivity index (χ4n) is 0.696. The van der Waals surface area contributed by atoms with Gasteiger partial charge in [0.05, 0.1) is 18.8 Å². The Labute approximate surface area is 86.2 Å². The highest BCUT2D eigenvalue weighted by molar-refractivity contribution is 4.51. The normalized spacial score (nSPS) is 14.1. The molecule has 0 amide bonds. The molecule has 0 aromatic carbocycles. The van der Waals surface area contributed by atoms with E-state index in [0.29, 0.717) is 0 Å². The van der Waals surface area contributed by atoms with Crippen molar-refractivity contribution in [2.45, 2.75) is 51.7 Å². The molecular weight excluding hydrogens is 184 g/mol. The third-order valence-electron chi connectivity index (χ3n) is 1.68. The Morgan fingerprint density at radius 1 is 1.07 bits per heavy atom. The highest BCUT2D eigenvalue weighted by Gasteiger charge is 1.97. The van der Waals surface area contributed by atoms with Crippen molar-refractivity contribution < 1.29 is 20.4 Å². The zero-order chi connectivity index (χ0) is 11.4. The fourth-order valence-corrected chi connectivity index (χ4v) is 0.696. The summed E-state index contributed by atoms with van der Waals surface area (Å²) >= 11 is 0. The van der Waals surface area contributed by atoms with Gasteiger partial charge in [-0.2, -0.15) is 0 Å². The van der Waals surface area contributed by atoms with E-state index in [1.165, 1.54) is 6.92 Å². The van der Waals surface area contributed by atoms with Crippen molar-refractivity contribution in [2.75, 3.05) is 13.2 Å². The van der Waals surface area contributed by atoms with Gasteiger partial charge in [0.2, 0.25) is 0 Å². The molecule has 0 aliphatic carbocycles. The topological polar surface area (TPSA) is 80.9 Å². The molecule has 0 bridgehead atoms. The van der Waals surface area contributed by atoms with Crippen LogP contribution < -0.4 is 0 Å². The molecule has 2 atom stereocenters. The second-order valence-electron chi connectivity index (χ2n) is 3.31. The second-order valence-corrected chi connectivity index (χ2v) is 3.31. The first-order valence-corrected chi connectivity index (χ1v) is 5.16. The van der Waals surface area contributed by atoms with Crippen LogP contribution in [0.15, 0.2) is 0 Å². The molecule has 0 radical (unpaired) electrons. The van der Waals surface area contributed by atoms with Gasteiger partial charge in [-0.05, 0) is 32.6 Å². The zero-order valence-electron chi connectivity index (χ0n) is 9.19. The summed E-state index contributed by atoms with van der Waals surface area (Å²) in [4.78, 5) is 0. The van der Waals surface area contributed by atoms with E-state index >= 15 is 0 Å². The Bertz CT molecular complexity index is 96.1. The van der Waals surface area contributed by atoms with Crippen LogP contribution in [0.2, 0.25) is 0 Å². The van der Waals surface area contributed by atoms with Gasteiger partial charge in [-0.3, -0.25) is 0 Å². The van der Waals surface area contributed by atoms with Gasteiger partial charge < -0.3 is 20.4 Å². The van der Waals surface area contributed by atoms with E-state index in [1.54, 1.807) is 0 Å². The van der Waals surface area contributed by atoms with Crippen LogP contribution in [-0.2, 0) is 0 Å². The average molecular weight is 208 g/mol. The number of hydrogen-bond donors (Lipinski definition) is 4. The van der Waals surface area contributed by atoms with Crippen molar-refractivity contribution in [1.29, 1.82) is 0 Å². The SMILES string of the molecule is CC(O)CO.CCC(O)CCCCO. The maximum Gasteiger partial charge on any atom is 0.0742 e. The van der Waals surface area contributed by atoms with E-state index in [1.807, 2.05) is 6.92 Å². The van der Waals surface area contributed by atoms with Gasteiger partial charge >= 0.3 is 0 Å². The Morgan fingerprint density at radius 2 is 1.57 bits per heavy atom. The van der Waals surface area contributed by atoms with E-state index in [2.05, 4.69) is 0 Å². The average Bonchev–Trinajstić information content (AvgIpc) is 2.19. The first-order chi connectivity index (χ1) is 6.58. The van der Waals surface area contributed by atoms with Crippen LogP contribution in [0.4, 0.5) is 0 Å². The van der Waals surface area contributed by atoms with Crippen LogP contribution in [-0.4, -0.2) is 45.8 Å². The van der Waals surface area contributed by atoms with E-state index in [-0.39, 0.29) is 19.3 Å². The lowest BCUT2D eigenvalue weighted by Crippen LogP contribution is -2.03. The minimum absolute atomic E-state index is 0.139. The number of hydrogen-bond acceptors (Lipinski definition) is 4. The van der Waals surface area contributed by atoms with Crippen molar-refractivity contribution in [1.82, 2.24) is 0 Å². The second kappa shape index (κ2) is 12.8. The van der Waals surface area contributed by atoms with Crippen LogP contribution in [0.3, 0.4) is 0 Å². The van der Waals surface area contributed by atoms with Gasteiger partial charge in [-0.15, -0.1) is 0 Å². The standard InChI is InChI=1S/C7H16O2.C3H8O2/c1-2-7(9)5-3-4-6-8;1-3(5)2-4/h7-9H,2-6H2,1H3;3-5H,2H2,1H3. The molecule has 0 spiro atoms. The first-order valence-electron chi connectivity index (χ1n) is 5.16. The molecule has 0 aromatic heterocycles. The summed E-state index contributed by atoms with van der Waals surface area (Å²) in [6.07, 6.45) is 2.69. The van der Waals surface area contributed by atoms with Crippen LogP contribution in [0, 0.1) is 0 Å². The summed E-state index contributed by atoms with van der Waals surface area (Å²) in [5.74, 6) is 0. The molecule has 0 saturated heterocycles. The molecule has 0 aliphatic heterocycles. The van der Waals surface area contributed by atoms with Crippen molar-refractivity contribution >= 4 is 0 Å². The summed E-state index contributed by atoms with van der Waals surface area (Å²) in [7, 11) is 0. The first kappa shape index (κ1) is 16.3. The molecule has 0 saturated carbocycles. The monoisotopic (exact) mass is 208 g/mol. The fraction of sp³-hybridized carbons (Fsp3) is 1.00. The Morgan fingerprint density at radius 3 is 1.86 bits per heavy atom. The van der Waals surface area contributed by atoms with Gasteiger partial charge in [-0.1, -0.05) is 6.92 Å². The van der Waals surface area contributed by atoms with Gasteiger partial charge in [0.15, 0.2) is 0 Å². The molecule has 2 unspecified atom stereocenters. The molecule has 0 heterocycles. The van der Waals surface area contributed by atoms with E-state index < -0.39 is 6.10 Å². The minimum Gasteiger partial charge on any atom is -0.396 e. The number of rotatable bonds is 6. The summed E-state index contributed by atoms with van der Waals surface area (Å²) in [5.41, 5.74) is 0. The summed E-state index contributed by atoms with van der Waals surface area (Å²) in [6.45, 7) is 3.60. The highest BCUT2D eigenvalue weighted by Crippen LogP contribution is 2.02. The zero-order valence-corrected chi connectivity index (χ0v) is 9.19. The third-order valence-corrected chi connectivity index (χ3v) is 1.68. The van der Waals surface area contributed by atoms with Gasteiger partial charge in [-0.25, -0.2) is 0 Å². The van der Waals surface area contributed by atoms with Gasteiger partial charge in [0, 0.05) is 6.61 Å². The molecule has 0 fully saturated rings. The van der Waals surface area contributed by atoms with Crippen molar-refractivity contribution in [3.8, 4) is 0 Å². The minimum atomic E-state index is -0.560. The summed E-state index contributed by atoms with van der Waals surface area (Å²) in [5, 5.41) is 33.4. The predicted octanol–water partition coefficient (Wildman–Crippen LogP) is 0.279. The predicted molar refractivity (Wildman–Crippen MR) is 56.0 cm³/mol. The maximum atomic E-state index is 9.00. The number of unbranched alkanes of at least 4 members (excludes halogenated alkanes) is 1. The van der Waals surface area contributed by atoms with Gasteiger partial charge in [0.1, 0.15) is 0 Å². The molecular formula is C10H24O4. The van der Waals surface area contributed by atoms with Crippen molar-refractivity contribution in [3.63, 3.8) is 0 Å². The van der Waals surface area contributed by atoms with Crippen LogP contribution in [0.1, 0.15) is 39.5 Å². The maximum absolute atomic E-state index is 9.00. The summed E-state index contributed by atoms with van der Waals surface area (Å²) < 4.78 is 0. The van der Waals surface area contributed by atoms with E-state index in [0.717, 1.165) is 25.7 Å². The molecule has 0 aliphatic rings. The molecule has 4 heteroatoms. The number of aliphatic hydroxyl groups is 4. The van der Waals surface area contributed by atoms with Gasteiger partial charge in [0.25, 0.3) is 0 Å². The van der Waals surface area contributed by atoms with E-state index in [4.69, 9.17) is 20.4 Å². The smallest absolute Gasteiger partial charge is 0.0742 e. The molecule has 88 valence electrons. The molecule has 0 aromatic rings. The third kappa shape index (κ3) is 17.8. The lowest BCUT2D eigenvalue weighted by Gasteiger charge is -2.04. The highest BCUT2D eigenvalue weighted by atomic mass is 16.3. The van der Waals surface area contributed by atoms with Crippen LogP contribution >= 0.6 is 0 Å². The Hall–Kier alpha value is -0.160. The largest absolute Gasteiger partial charge is 0.396 e. The van der Waals surface area contributed by atoms with Crippen molar-refractivity contribution in [2.24, 2.45) is 0 Å². The molecule has 0 rings (SSSR count). The lowest BCUT2D eigenvalue weighted by molar-refractivity contribution is 0.110. The Balaban J connectivity index is 0. The van der Waals surface area contributed by atoms with Crippen LogP contribution in [0.25, 0.3) is 0 Å². The molecule has 4 nitrogen and oxygen atoms in total. The molecule has 14 heavy (non-hydrogen) atoms. The summed E-state index contributed by atoms with van der Waals surface area (Å²) in [6, 6.07) is 0. The van der Waals surface area contributed by atoms with Crippen LogP contribution in [0.5, 0.6) is 0 Å². The lowest BCUT2D eigenvalue weighted by atomic mass is 10.1. The van der Waals surface area contributed by atoms with Crippen molar-refractivity contribution in [3.05, 3.63) is 0 Å². The quantitative estimate of drug-likeness (QED) is 0.473. The van der Waals surface area contributed by atoms with E-state index in [9.17, 15) is 0 Å².